The third kappa shape index (κ3) is 51.7. The van der Waals surface area contributed by atoms with E-state index >= 15 is 0 Å². The number of ether oxygens (including phenoxy) is 3. The van der Waals surface area contributed by atoms with E-state index in [0.717, 1.165) is 109 Å². The van der Waals surface area contributed by atoms with Crippen molar-refractivity contribution >= 4 is 17.9 Å². The molecule has 0 rings (SSSR count). The van der Waals surface area contributed by atoms with Gasteiger partial charge in [-0.3, -0.25) is 14.4 Å². The predicted molar refractivity (Wildman–Crippen MR) is 279 cm³/mol. The van der Waals surface area contributed by atoms with Crippen molar-refractivity contribution in [1.29, 1.82) is 0 Å². The first-order chi connectivity index (χ1) is 32.0. The first kappa shape index (κ1) is 61.9. The van der Waals surface area contributed by atoms with Crippen LogP contribution in [-0.2, 0) is 28.6 Å². The maximum Gasteiger partial charge on any atom is 0.306 e. The van der Waals surface area contributed by atoms with Crippen LogP contribution < -0.4 is 0 Å². The van der Waals surface area contributed by atoms with Gasteiger partial charge in [-0.25, -0.2) is 0 Å². The predicted octanol–water partition coefficient (Wildman–Crippen LogP) is 18.2. The topological polar surface area (TPSA) is 78.9 Å². The maximum absolute atomic E-state index is 12.8. The number of esters is 3. The van der Waals surface area contributed by atoms with E-state index in [0.29, 0.717) is 19.3 Å². The van der Waals surface area contributed by atoms with Crippen LogP contribution in [0.3, 0.4) is 0 Å². The largest absolute Gasteiger partial charge is 0.462 e. The molecule has 6 nitrogen and oxygen atoms in total. The smallest absolute Gasteiger partial charge is 0.306 e. The third-order valence-electron chi connectivity index (χ3n) is 11.7. The van der Waals surface area contributed by atoms with Gasteiger partial charge < -0.3 is 14.2 Å². The van der Waals surface area contributed by atoms with Crippen molar-refractivity contribution < 1.29 is 28.6 Å². The summed E-state index contributed by atoms with van der Waals surface area (Å²) in [4.78, 5) is 38.0. The molecular weight excluding hydrogens is 805 g/mol. The minimum atomic E-state index is -0.794. The summed E-state index contributed by atoms with van der Waals surface area (Å²) in [5.74, 6) is -0.930. The molecular formula is C59H102O6. The molecule has 0 radical (unpaired) electrons. The first-order valence-corrected chi connectivity index (χ1v) is 27.4. The molecule has 0 aliphatic carbocycles. The fourth-order valence-electron chi connectivity index (χ4n) is 7.51. The molecule has 0 saturated heterocycles. The molecule has 0 aromatic carbocycles. The quantitative estimate of drug-likeness (QED) is 0.0262. The Bertz CT molecular complexity index is 1230. The van der Waals surface area contributed by atoms with Gasteiger partial charge in [0, 0.05) is 19.3 Å². The van der Waals surface area contributed by atoms with Crippen molar-refractivity contribution in [3.8, 4) is 0 Å². The molecule has 0 aromatic rings. The number of rotatable bonds is 49. The molecule has 374 valence electrons. The number of allylic oxidation sites excluding steroid dienone is 12. The Balaban J connectivity index is 4.45. The second kappa shape index (κ2) is 53.5. The highest BCUT2D eigenvalue weighted by molar-refractivity contribution is 5.71. The molecule has 65 heavy (non-hydrogen) atoms. The Labute approximate surface area is 402 Å². The summed E-state index contributed by atoms with van der Waals surface area (Å²) in [7, 11) is 0. The van der Waals surface area contributed by atoms with Crippen LogP contribution in [0, 0.1) is 0 Å². The van der Waals surface area contributed by atoms with Gasteiger partial charge in [0.25, 0.3) is 0 Å². The molecule has 0 heterocycles. The maximum atomic E-state index is 12.8. The lowest BCUT2D eigenvalue weighted by atomic mass is 10.0. The lowest BCUT2D eigenvalue weighted by molar-refractivity contribution is -0.167. The summed E-state index contributed by atoms with van der Waals surface area (Å²) in [6.45, 7) is 6.55. The van der Waals surface area contributed by atoms with Crippen LogP contribution in [0.1, 0.15) is 265 Å². The number of carbonyl (C=O) groups excluding carboxylic acids is 3. The summed E-state index contributed by atoms with van der Waals surface area (Å²) in [5, 5.41) is 0. The van der Waals surface area contributed by atoms with Crippen LogP contribution in [0.25, 0.3) is 0 Å². The number of hydrogen-bond donors (Lipinski definition) is 0. The summed E-state index contributed by atoms with van der Waals surface area (Å²) in [5.41, 5.74) is 0. The van der Waals surface area contributed by atoms with E-state index in [1.807, 2.05) is 0 Å². The third-order valence-corrected chi connectivity index (χ3v) is 11.7. The van der Waals surface area contributed by atoms with E-state index in [9.17, 15) is 14.4 Å². The zero-order valence-electron chi connectivity index (χ0n) is 42.7. The van der Waals surface area contributed by atoms with E-state index in [1.54, 1.807) is 0 Å². The summed E-state index contributed by atoms with van der Waals surface area (Å²) >= 11 is 0. The zero-order chi connectivity index (χ0) is 47.2. The Kier molecular flexibility index (Phi) is 50.9. The highest BCUT2D eigenvalue weighted by Crippen LogP contribution is 2.15. The van der Waals surface area contributed by atoms with Crippen LogP contribution in [-0.4, -0.2) is 37.2 Å². The molecule has 0 unspecified atom stereocenters. The highest BCUT2D eigenvalue weighted by Gasteiger charge is 2.19. The monoisotopic (exact) mass is 907 g/mol. The molecule has 0 aromatic heterocycles. The fourth-order valence-corrected chi connectivity index (χ4v) is 7.51. The van der Waals surface area contributed by atoms with Crippen molar-refractivity contribution in [3.63, 3.8) is 0 Å². The van der Waals surface area contributed by atoms with Crippen molar-refractivity contribution in [2.45, 2.75) is 271 Å². The van der Waals surface area contributed by atoms with Crippen molar-refractivity contribution in [2.24, 2.45) is 0 Å². The van der Waals surface area contributed by atoms with Crippen molar-refractivity contribution in [1.82, 2.24) is 0 Å². The van der Waals surface area contributed by atoms with Gasteiger partial charge in [-0.1, -0.05) is 222 Å². The second-order valence-corrected chi connectivity index (χ2v) is 18.1. The summed E-state index contributed by atoms with van der Waals surface area (Å²) in [6.07, 6.45) is 67.4. The SMILES string of the molecule is CCCCC/C=C/C/C=C/C/C=C/C/C=C/CCCCCC(=O)OC[C@@H](COC(=O)CCCCCCCCCCCCCCC)OC(=O)CCCCCCC/C=C/C/C=C/CCCCC. The van der Waals surface area contributed by atoms with Crippen LogP contribution >= 0.6 is 0 Å². The van der Waals surface area contributed by atoms with E-state index in [4.69, 9.17) is 14.2 Å². The lowest BCUT2D eigenvalue weighted by Crippen LogP contribution is -2.30. The summed E-state index contributed by atoms with van der Waals surface area (Å²) in [6, 6.07) is 0. The molecule has 0 aliphatic rings. The molecule has 6 heteroatoms. The van der Waals surface area contributed by atoms with Gasteiger partial charge in [-0.05, 0) is 96.3 Å². The second-order valence-electron chi connectivity index (χ2n) is 18.1. The number of carbonyl (C=O) groups is 3. The first-order valence-electron chi connectivity index (χ1n) is 27.4. The van der Waals surface area contributed by atoms with Gasteiger partial charge in [-0.15, -0.1) is 0 Å². The Morgan fingerprint density at radius 3 is 0.908 bits per heavy atom. The van der Waals surface area contributed by atoms with E-state index in [2.05, 4.69) is 93.7 Å². The van der Waals surface area contributed by atoms with Gasteiger partial charge >= 0.3 is 17.9 Å². The minimum absolute atomic E-state index is 0.0897. The van der Waals surface area contributed by atoms with E-state index in [1.165, 1.54) is 116 Å². The van der Waals surface area contributed by atoms with Gasteiger partial charge in [0.05, 0.1) is 0 Å². The number of unbranched alkanes of at least 4 members (excludes halogenated alkanes) is 26. The van der Waals surface area contributed by atoms with Gasteiger partial charge in [0.2, 0.25) is 0 Å². The molecule has 1 atom stereocenters. The molecule has 0 N–H and O–H groups in total. The average molecular weight is 907 g/mol. The standard InChI is InChI=1S/C59H102O6/c1-4-7-10-13-16-19-22-25-27-28-29-30-32-34-37-40-43-46-49-52-58(61)64-55-56(54-63-57(60)51-48-45-42-39-36-33-24-21-18-15-12-9-6-3)65-59(62)53-50-47-44-41-38-35-31-26-23-20-17-14-11-8-5-2/h16-17,19-20,25-27,29-31,34,37,56H,4-15,18,21-24,28,32-33,35-36,38-55H2,1-3H3/b19-16+,20-17+,27-25+,30-29+,31-26+,37-34+/t56-/m1/s1. The molecule has 0 saturated carbocycles. The van der Waals surface area contributed by atoms with Gasteiger partial charge in [-0.2, -0.15) is 0 Å². The zero-order valence-corrected chi connectivity index (χ0v) is 42.7. The van der Waals surface area contributed by atoms with Gasteiger partial charge in [0.15, 0.2) is 6.10 Å². The summed E-state index contributed by atoms with van der Waals surface area (Å²) < 4.78 is 16.8. The minimum Gasteiger partial charge on any atom is -0.462 e. The molecule has 0 bridgehead atoms. The average Bonchev–Trinajstić information content (AvgIpc) is 3.30. The van der Waals surface area contributed by atoms with E-state index in [-0.39, 0.29) is 31.1 Å². The van der Waals surface area contributed by atoms with Crippen LogP contribution in [0.2, 0.25) is 0 Å². The highest BCUT2D eigenvalue weighted by atomic mass is 16.6. The Hall–Kier alpha value is -3.15. The lowest BCUT2D eigenvalue weighted by Gasteiger charge is -2.18. The Morgan fingerprint density at radius 2 is 0.554 bits per heavy atom. The van der Waals surface area contributed by atoms with Crippen LogP contribution in [0.5, 0.6) is 0 Å². The molecule has 0 amide bonds. The number of hydrogen-bond acceptors (Lipinski definition) is 6. The Morgan fingerprint density at radius 1 is 0.308 bits per heavy atom. The van der Waals surface area contributed by atoms with Crippen LogP contribution in [0.15, 0.2) is 72.9 Å². The normalized spacial score (nSPS) is 12.6. The fraction of sp³-hybridized carbons (Fsp3) is 0.746. The van der Waals surface area contributed by atoms with E-state index < -0.39 is 6.10 Å². The van der Waals surface area contributed by atoms with Gasteiger partial charge in [0.1, 0.15) is 13.2 Å². The molecule has 0 spiro atoms. The van der Waals surface area contributed by atoms with Crippen LogP contribution in [0.4, 0.5) is 0 Å². The molecule has 0 aliphatic heterocycles. The van der Waals surface area contributed by atoms with Crippen molar-refractivity contribution in [3.05, 3.63) is 72.9 Å². The molecule has 0 fully saturated rings. The van der Waals surface area contributed by atoms with Crippen molar-refractivity contribution in [2.75, 3.05) is 13.2 Å².